The van der Waals surface area contributed by atoms with Crippen LogP contribution in [0.25, 0.3) is 10.9 Å². The van der Waals surface area contributed by atoms with Gasteiger partial charge in [-0.3, -0.25) is 19.6 Å². The van der Waals surface area contributed by atoms with E-state index in [4.69, 9.17) is 9.47 Å². The maximum absolute atomic E-state index is 13.8. The van der Waals surface area contributed by atoms with E-state index in [1.165, 1.54) is 16.5 Å². The molecular formula is C28H35N5O4. The number of methoxy groups -OCH3 is 1. The summed E-state index contributed by atoms with van der Waals surface area (Å²) < 4.78 is 13.2. The fraction of sp³-hybridized carbons (Fsp3) is 0.500. The van der Waals surface area contributed by atoms with Gasteiger partial charge < -0.3 is 24.0 Å². The van der Waals surface area contributed by atoms with E-state index < -0.39 is 0 Å². The fourth-order valence-corrected chi connectivity index (χ4v) is 6.59. The number of ether oxygens (including phenoxy) is 2. The minimum absolute atomic E-state index is 0.0707. The van der Waals surface area contributed by atoms with Gasteiger partial charge in [-0.05, 0) is 35.4 Å². The Bertz CT molecular complexity index is 1280. The van der Waals surface area contributed by atoms with Crippen LogP contribution in [0.1, 0.15) is 22.9 Å². The van der Waals surface area contributed by atoms with Crippen molar-refractivity contribution in [3.8, 4) is 5.75 Å². The van der Waals surface area contributed by atoms with Crippen LogP contribution in [0.15, 0.2) is 42.7 Å². The Labute approximate surface area is 217 Å². The van der Waals surface area contributed by atoms with E-state index in [-0.39, 0.29) is 24.0 Å². The van der Waals surface area contributed by atoms with Crippen LogP contribution >= 0.6 is 0 Å². The summed E-state index contributed by atoms with van der Waals surface area (Å²) in [6, 6.07) is 9.94. The Morgan fingerprint density at radius 1 is 1.14 bits per heavy atom. The van der Waals surface area contributed by atoms with Crippen LogP contribution < -0.4 is 4.74 Å². The molecular weight excluding hydrogens is 470 g/mol. The van der Waals surface area contributed by atoms with Gasteiger partial charge in [0.25, 0.3) is 0 Å². The van der Waals surface area contributed by atoms with Crippen LogP contribution in [0.3, 0.4) is 0 Å². The molecule has 0 aliphatic carbocycles. The van der Waals surface area contributed by atoms with E-state index in [1.54, 1.807) is 7.11 Å². The predicted octanol–water partition coefficient (Wildman–Crippen LogP) is 1.54. The topological polar surface area (TPSA) is 83.3 Å². The van der Waals surface area contributed by atoms with Crippen LogP contribution in [0.2, 0.25) is 0 Å². The SMILES string of the molecule is COc1ccc2c3c(n(C)c2c1)[C@H](CO)N(C(=O)CN1CCOCC1)CC31CN(Cc2ccncc2)C1. The molecule has 0 radical (unpaired) electrons. The van der Waals surface area contributed by atoms with Crippen molar-refractivity contribution in [2.45, 2.75) is 18.0 Å². The number of hydrogen-bond donors (Lipinski definition) is 1. The Hall–Kier alpha value is -2.98. The van der Waals surface area contributed by atoms with E-state index in [9.17, 15) is 9.90 Å². The average molecular weight is 506 g/mol. The molecule has 2 aromatic heterocycles. The zero-order valence-electron chi connectivity index (χ0n) is 21.6. The number of aromatic nitrogens is 2. The highest BCUT2D eigenvalue weighted by atomic mass is 16.5. The number of benzene rings is 1. The number of amides is 1. The minimum atomic E-state index is -0.383. The molecule has 1 spiro atoms. The molecule has 9 nitrogen and oxygen atoms in total. The highest BCUT2D eigenvalue weighted by molar-refractivity contribution is 5.90. The zero-order valence-corrected chi connectivity index (χ0v) is 21.6. The van der Waals surface area contributed by atoms with Crippen molar-refractivity contribution in [2.75, 3.05) is 66.2 Å². The summed E-state index contributed by atoms with van der Waals surface area (Å²) in [6.45, 7) is 6.22. The van der Waals surface area contributed by atoms with E-state index in [1.807, 2.05) is 30.4 Å². The van der Waals surface area contributed by atoms with Crippen molar-refractivity contribution in [2.24, 2.45) is 7.05 Å². The molecule has 3 aliphatic rings. The first-order chi connectivity index (χ1) is 18.0. The van der Waals surface area contributed by atoms with Crippen LogP contribution in [0.5, 0.6) is 5.75 Å². The third-order valence-corrected chi connectivity index (χ3v) is 8.31. The summed E-state index contributed by atoms with van der Waals surface area (Å²) in [5.41, 5.74) is 4.42. The third-order valence-electron chi connectivity index (χ3n) is 8.31. The van der Waals surface area contributed by atoms with Gasteiger partial charge in [0.2, 0.25) is 5.91 Å². The van der Waals surface area contributed by atoms with E-state index in [2.05, 4.69) is 43.6 Å². The second-order valence-corrected chi connectivity index (χ2v) is 10.6. The molecule has 3 aromatic rings. The van der Waals surface area contributed by atoms with Gasteiger partial charge in [-0.15, -0.1) is 0 Å². The lowest BCUT2D eigenvalue weighted by molar-refractivity contribution is -0.141. The maximum Gasteiger partial charge on any atom is 0.237 e. The Kier molecular flexibility index (Phi) is 6.40. The number of likely N-dealkylation sites (tertiary alicyclic amines) is 1. The lowest BCUT2D eigenvalue weighted by Gasteiger charge is -2.56. The lowest BCUT2D eigenvalue weighted by Crippen LogP contribution is -2.67. The number of nitrogens with zero attached hydrogens (tertiary/aromatic N) is 5. The van der Waals surface area contributed by atoms with Crippen molar-refractivity contribution >= 4 is 16.8 Å². The molecule has 6 rings (SSSR count). The van der Waals surface area contributed by atoms with Crippen LogP contribution in [-0.2, 0) is 28.5 Å². The number of aliphatic hydroxyl groups excluding tert-OH is 1. The van der Waals surface area contributed by atoms with Crippen LogP contribution in [-0.4, -0.2) is 101 Å². The summed E-state index contributed by atoms with van der Waals surface area (Å²) in [7, 11) is 3.72. The summed E-state index contributed by atoms with van der Waals surface area (Å²) in [4.78, 5) is 24.4. The molecule has 2 fully saturated rings. The number of hydrogen-bond acceptors (Lipinski definition) is 7. The average Bonchev–Trinajstić information content (AvgIpc) is 3.21. The lowest BCUT2D eigenvalue weighted by atomic mass is 9.68. The molecule has 1 atom stereocenters. The Morgan fingerprint density at radius 3 is 2.59 bits per heavy atom. The van der Waals surface area contributed by atoms with Crippen LogP contribution in [0, 0.1) is 0 Å². The van der Waals surface area contributed by atoms with Gasteiger partial charge >= 0.3 is 0 Å². The first kappa shape index (κ1) is 24.4. The van der Waals surface area contributed by atoms with E-state index in [0.717, 1.165) is 49.7 Å². The number of carbonyl (C=O) groups excluding carboxylic acids is 1. The molecule has 1 amide bonds. The normalized spacial score (nSPS) is 21.7. The molecule has 1 N–H and O–H groups in total. The second kappa shape index (κ2) is 9.72. The van der Waals surface area contributed by atoms with Gasteiger partial charge in [0, 0.05) is 81.3 Å². The van der Waals surface area contributed by atoms with E-state index in [0.29, 0.717) is 26.3 Å². The van der Waals surface area contributed by atoms with Crippen molar-refractivity contribution < 1.29 is 19.4 Å². The molecule has 1 aromatic carbocycles. The summed E-state index contributed by atoms with van der Waals surface area (Å²) in [5.74, 6) is 0.870. The van der Waals surface area contributed by atoms with Gasteiger partial charge in [-0.1, -0.05) is 0 Å². The number of rotatable bonds is 6. The first-order valence-electron chi connectivity index (χ1n) is 13.0. The highest BCUT2D eigenvalue weighted by Gasteiger charge is 2.54. The number of pyridine rings is 1. The number of aliphatic hydroxyl groups is 1. The van der Waals surface area contributed by atoms with Gasteiger partial charge in [-0.25, -0.2) is 0 Å². The van der Waals surface area contributed by atoms with Gasteiger partial charge in [0.05, 0.1) is 45.0 Å². The number of aryl methyl sites for hydroxylation is 1. The van der Waals surface area contributed by atoms with Gasteiger partial charge in [-0.2, -0.15) is 0 Å². The highest BCUT2D eigenvalue weighted by Crippen LogP contribution is 2.49. The monoisotopic (exact) mass is 505 g/mol. The molecule has 0 saturated carbocycles. The molecule has 2 saturated heterocycles. The van der Waals surface area contributed by atoms with Crippen molar-refractivity contribution in [3.63, 3.8) is 0 Å². The summed E-state index contributed by atoms with van der Waals surface area (Å²) in [5, 5.41) is 11.8. The number of fused-ring (bicyclic) bond motifs is 4. The molecule has 37 heavy (non-hydrogen) atoms. The Morgan fingerprint density at radius 2 is 1.89 bits per heavy atom. The second-order valence-electron chi connectivity index (χ2n) is 10.6. The summed E-state index contributed by atoms with van der Waals surface area (Å²) >= 11 is 0. The number of morpholine rings is 1. The van der Waals surface area contributed by atoms with Crippen molar-refractivity contribution in [1.29, 1.82) is 0 Å². The largest absolute Gasteiger partial charge is 0.497 e. The molecule has 0 bridgehead atoms. The quantitative estimate of drug-likeness (QED) is 0.544. The fourth-order valence-electron chi connectivity index (χ4n) is 6.59. The van der Waals surface area contributed by atoms with Crippen LogP contribution in [0.4, 0.5) is 0 Å². The molecule has 9 heteroatoms. The van der Waals surface area contributed by atoms with Gasteiger partial charge in [0.1, 0.15) is 5.75 Å². The van der Waals surface area contributed by atoms with Crippen molar-refractivity contribution in [3.05, 3.63) is 59.5 Å². The standard InChI is InChI=1S/C28H35N5O4/c1-30-23-13-21(36-2)3-4-22(23)26-27(30)24(16-34)33(25(35)15-31-9-11-37-12-10-31)19-28(26)17-32(18-28)14-20-5-7-29-8-6-20/h3-8,13,24,34H,9-12,14-19H2,1-2H3/t24-/m0/s1. The van der Waals surface area contributed by atoms with E-state index >= 15 is 0 Å². The number of carbonyl (C=O) groups is 1. The van der Waals surface area contributed by atoms with Crippen molar-refractivity contribution in [1.82, 2.24) is 24.3 Å². The smallest absolute Gasteiger partial charge is 0.237 e. The summed E-state index contributed by atoms with van der Waals surface area (Å²) in [6.07, 6.45) is 3.67. The predicted molar refractivity (Wildman–Crippen MR) is 139 cm³/mol. The third kappa shape index (κ3) is 4.20. The molecule has 196 valence electrons. The Balaban J connectivity index is 1.38. The molecule has 0 unspecified atom stereocenters. The first-order valence-corrected chi connectivity index (χ1v) is 13.0. The minimum Gasteiger partial charge on any atom is -0.497 e. The zero-order chi connectivity index (χ0) is 25.6. The molecule has 3 aliphatic heterocycles. The maximum atomic E-state index is 13.8. The van der Waals surface area contributed by atoms with Gasteiger partial charge in [0.15, 0.2) is 0 Å². The molecule has 5 heterocycles.